The van der Waals surface area contributed by atoms with E-state index in [4.69, 9.17) is 0 Å². The van der Waals surface area contributed by atoms with Crippen LogP contribution in [0.2, 0.25) is 0 Å². The Hall–Kier alpha value is -1.69. The highest BCUT2D eigenvalue weighted by Gasteiger charge is 2.08. The molecule has 0 fully saturated rings. The second kappa shape index (κ2) is 7.79. The number of hydrogen-bond acceptors (Lipinski definition) is 4. The average Bonchev–Trinajstić information content (AvgIpc) is 2.38. The Morgan fingerprint density at radius 3 is 2.35 bits per heavy atom. The first-order valence-electron chi connectivity index (χ1n) is 6.41. The second-order valence-corrected chi connectivity index (χ2v) is 6.88. The van der Waals surface area contributed by atoms with Crippen LogP contribution in [0.1, 0.15) is 29.6 Å². The summed E-state index contributed by atoms with van der Waals surface area (Å²) in [6.07, 6.45) is 2.11. The summed E-state index contributed by atoms with van der Waals surface area (Å²) in [5, 5.41) is 2.52. The van der Waals surface area contributed by atoms with E-state index < -0.39 is 9.84 Å². The maximum atomic E-state index is 11.8. The van der Waals surface area contributed by atoms with Crippen LogP contribution in [-0.4, -0.2) is 38.7 Å². The van der Waals surface area contributed by atoms with Gasteiger partial charge in [0.1, 0.15) is 9.84 Å². The third-order valence-corrected chi connectivity index (χ3v) is 3.64. The van der Waals surface area contributed by atoms with Crippen molar-refractivity contribution in [2.24, 2.45) is 0 Å². The van der Waals surface area contributed by atoms with Gasteiger partial charge in [0.2, 0.25) is 5.91 Å². The number of amides is 1. The van der Waals surface area contributed by atoms with Gasteiger partial charge < -0.3 is 5.32 Å². The zero-order valence-corrected chi connectivity index (χ0v) is 12.3. The van der Waals surface area contributed by atoms with Crippen molar-refractivity contribution in [2.45, 2.75) is 19.3 Å². The Kier molecular flexibility index (Phi) is 6.38. The molecule has 6 heteroatoms. The lowest BCUT2D eigenvalue weighted by Crippen LogP contribution is -2.28. The van der Waals surface area contributed by atoms with Gasteiger partial charge in [0.15, 0.2) is 5.78 Å². The van der Waals surface area contributed by atoms with E-state index in [1.54, 1.807) is 24.3 Å². The summed E-state index contributed by atoms with van der Waals surface area (Å²) in [5.74, 6) is -0.286. The molecule has 0 aliphatic carbocycles. The van der Waals surface area contributed by atoms with Crippen LogP contribution in [0.5, 0.6) is 0 Å². The lowest BCUT2D eigenvalue weighted by molar-refractivity contribution is -0.121. The number of ketones is 1. The highest BCUT2D eigenvalue weighted by Crippen LogP contribution is 2.06. The van der Waals surface area contributed by atoms with Crippen molar-refractivity contribution in [3.8, 4) is 0 Å². The van der Waals surface area contributed by atoms with E-state index in [2.05, 4.69) is 5.32 Å². The quantitative estimate of drug-likeness (QED) is 0.731. The third-order valence-electron chi connectivity index (χ3n) is 2.70. The van der Waals surface area contributed by atoms with Gasteiger partial charge in [-0.25, -0.2) is 8.42 Å². The van der Waals surface area contributed by atoms with Gasteiger partial charge in [0.05, 0.1) is 5.75 Å². The zero-order chi connectivity index (χ0) is 15.0. The maximum absolute atomic E-state index is 11.8. The normalized spacial score (nSPS) is 11.1. The number of benzene rings is 1. The Labute approximate surface area is 119 Å². The Balaban J connectivity index is 2.21. The fraction of sp³-hybridized carbons (Fsp3) is 0.429. The van der Waals surface area contributed by atoms with Crippen LogP contribution in [0.3, 0.4) is 0 Å². The fourth-order valence-corrected chi connectivity index (χ4v) is 2.11. The highest BCUT2D eigenvalue weighted by molar-refractivity contribution is 7.90. The minimum Gasteiger partial charge on any atom is -0.355 e. The molecule has 1 amide bonds. The van der Waals surface area contributed by atoms with Crippen LogP contribution < -0.4 is 5.32 Å². The van der Waals surface area contributed by atoms with E-state index in [-0.39, 0.29) is 30.4 Å². The van der Waals surface area contributed by atoms with E-state index in [0.717, 1.165) is 6.26 Å². The molecule has 0 saturated carbocycles. The van der Waals surface area contributed by atoms with Crippen molar-refractivity contribution >= 4 is 21.5 Å². The molecule has 0 unspecified atom stereocenters. The van der Waals surface area contributed by atoms with E-state index in [1.165, 1.54) is 0 Å². The van der Waals surface area contributed by atoms with E-state index in [0.29, 0.717) is 18.4 Å². The predicted octanol–water partition coefficient (Wildman–Crippen LogP) is 1.20. The van der Waals surface area contributed by atoms with E-state index in [1.807, 2.05) is 6.07 Å². The molecule has 1 N–H and O–H groups in total. The van der Waals surface area contributed by atoms with Crippen molar-refractivity contribution in [2.75, 3.05) is 18.6 Å². The Bertz CT molecular complexity index is 552. The molecule has 0 bridgehead atoms. The first-order valence-corrected chi connectivity index (χ1v) is 8.47. The SMILES string of the molecule is CS(=O)(=O)CCNC(=O)CCCC(=O)c1ccccc1. The number of rotatable bonds is 8. The summed E-state index contributed by atoms with van der Waals surface area (Å²) in [4.78, 5) is 23.2. The predicted molar refractivity (Wildman–Crippen MR) is 77.3 cm³/mol. The van der Waals surface area contributed by atoms with Gasteiger partial charge >= 0.3 is 0 Å². The van der Waals surface area contributed by atoms with Crippen LogP contribution in [0.4, 0.5) is 0 Å². The molecular weight excluding hydrogens is 278 g/mol. The van der Waals surface area contributed by atoms with Crippen molar-refractivity contribution in [3.63, 3.8) is 0 Å². The van der Waals surface area contributed by atoms with Crippen LogP contribution in [0.25, 0.3) is 0 Å². The summed E-state index contributed by atoms with van der Waals surface area (Å²) in [6, 6.07) is 8.92. The maximum Gasteiger partial charge on any atom is 0.220 e. The summed E-state index contributed by atoms with van der Waals surface area (Å²) in [7, 11) is -3.06. The molecule has 0 saturated heterocycles. The molecule has 0 aromatic heterocycles. The van der Waals surface area contributed by atoms with Gasteiger partial charge in [-0.1, -0.05) is 30.3 Å². The second-order valence-electron chi connectivity index (χ2n) is 4.62. The van der Waals surface area contributed by atoms with Crippen LogP contribution in [-0.2, 0) is 14.6 Å². The monoisotopic (exact) mass is 297 g/mol. The molecule has 0 aliphatic rings. The molecule has 1 rings (SSSR count). The van der Waals surface area contributed by atoms with Crippen LogP contribution >= 0.6 is 0 Å². The summed E-state index contributed by atoms with van der Waals surface area (Å²) < 4.78 is 21.8. The third kappa shape index (κ3) is 7.04. The minimum atomic E-state index is -3.06. The molecule has 0 radical (unpaired) electrons. The van der Waals surface area contributed by atoms with Crippen molar-refractivity contribution in [1.29, 1.82) is 0 Å². The molecule has 0 atom stereocenters. The van der Waals surface area contributed by atoms with Gasteiger partial charge in [0, 0.05) is 31.2 Å². The largest absolute Gasteiger partial charge is 0.355 e. The van der Waals surface area contributed by atoms with E-state index in [9.17, 15) is 18.0 Å². The minimum absolute atomic E-state index is 0.00883. The molecule has 20 heavy (non-hydrogen) atoms. The van der Waals surface area contributed by atoms with Gasteiger partial charge in [-0.15, -0.1) is 0 Å². The molecule has 0 spiro atoms. The topological polar surface area (TPSA) is 80.3 Å². The molecule has 110 valence electrons. The van der Waals surface area contributed by atoms with Gasteiger partial charge in [-0.05, 0) is 6.42 Å². The van der Waals surface area contributed by atoms with Gasteiger partial charge in [0.25, 0.3) is 0 Å². The van der Waals surface area contributed by atoms with Crippen LogP contribution in [0.15, 0.2) is 30.3 Å². The average molecular weight is 297 g/mol. The van der Waals surface area contributed by atoms with Crippen molar-refractivity contribution in [1.82, 2.24) is 5.32 Å². The van der Waals surface area contributed by atoms with Crippen molar-refractivity contribution < 1.29 is 18.0 Å². The fourth-order valence-electron chi connectivity index (χ4n) is 1.64. The molecule has 0 aliphatic heterocycles. The molecule has 1 aromatic carbocycles. The summed E-state index contributed by atoms with van der Waals surface area (Å²) in [6.45, 7) is 0.115. The van der Waals surface area contributed by atoms with Crippen LogP contribution in [0, 0.1) is 0 Å². The molecule has 0 heterocycles. The number of carbonyl (C=O) groups is 2. The Morgan fingerprint density at radius 2 is 1.75 bits per heavy atom. The first kappa shape index (κ1) is 16.4. The lowest BCUT2D eigenvalue weighted by atomic mass is 10.1. The van der Waals surface area contributed by atoms with Gasteiger partial charge in [-0.2, -0.15) is 0 Å². The molecular formula is C14H19NO4S. The number of sulfone groups is 1. The number of hydrogen-bond donors (Lipinski definition) is 1. The molecule has 5 nitrogen and oxygen atoms in total. The summed E-state index contributed by atoms with van der Waals surface area (Å²) in [5.41, 5.74) is 0.644. The number of nitrogens with one attached hydrogen (secondary N) is 1. The van der Waals surface area contributed by atoms with Crippen molar-refractivity contribution in [3.05, 3.63) is 35.9 Å². The number of Topliss-reactive ketones (excluding diaryl/α,β-unsaturated/α-hetero) is 1. The zero-order valence-electron chi connectivity index (χ0n) is 11.5. The van der Waals surface area contributed by atoms with Gasteiger partial charge in [-0.3, -0.25) is 9.59 Å². The number of carbonyl (C=O) groups excluding carboxylic acids is 2. The smallest absolute Gasteiger partial charge is 0.220 e. The van der Waals surface area contributed by atoms with E-state index >= 15 is 0 Å². The Morgan fingerprint density at radius 1 is 1.10 bits per heavy atom. The highest BCUT2D eigenvalue weighted by atomic mass is 32.2. The standard InChI is InChI=1S/C14H19NO4S/c1-20(18,19)11-10-15-14(17)9-5-8-13(16)12-6-3-2-4-7-12/h2-4,6-7H,5,8-11H2,1H3,(H,15,17). The lowest BCUT2D eigenvalue weighted by Gasteiger charge is -2.04. The summed E-state index contributed by atoms with van der Waals surface area (Å²) >= 11 is 0. The first-order chi connectivity index (χ1) is 9.38. The molecule has 1 aromatic rings.